The zero-order valence-electron chi connectivity index (χ0n) is 15.3. The van der Waals surface area contributed by atoms with E-state index in [1.807, 2.05) is 0 Å². The first-order valence-corrected chi connectivity index (χ1v) is 11.5. The molecule has 2 aromatic rings. The molecule has 1 atom stereocenters. The third-order valence-corrected chi connectivity index (χ3v) is 7.68. The van der Waals surface area contributed by atoms with Gasteiger partial charge in [-0.05, 0) is 49.7 Å². The summed E-state index contributed by atoms with van der Waals surface area (Å²) >= 11 is 7.40. The van der Waals surface area contributed by atoms with Crippen LogP contribution in [0.25, 0.3) is 0 Å². The van der Waals surface area contributed by atoms with E-state index in [2.05, 4.69) is 10.6 Å². The molecule has 0 fully saturated rings. The molecule has 28 heavy (non-hydrogen) atoms. The number of fused-ring (bicyclic) bond motifs is 1. The molecule has 1 aliphatic heterocycles. The average molecular weight is 439 g/mol. The summed E-state index contributed by atoms with van der Waals surface area (Å²) in [6.45, 7) is 3.56. The van der Waals surface area contributed by atoms with Gasteiger partial charge in [0.2, 0.25) is 11.8 Å². The highest BCUT2D eigenvalue weighted by molar-refractivity contribution is 8.01. The zero-order valence-corrected chi connectivity index (χ0v) is 17.7. The number of amides is 2. The number of rotatable bonds is 5. The maximum atomic E-state index is 12.6. The summed E-state index contributed by atoms with van der Waals surface area (Å²) in [4.78, 5) is 24.9. The predicted octanol–water partition coefficient (Wildman–Crippen LogP) is 3.88. The van der Waals surface area contributed by atoms with Crippen LogP contribution in [-0.2, 0) is 19.4 Å². The van der Waals surface area contributed by atoms with E-state index in [1.165, 1.54) is 23.9 Å². The van der Waals surface area contributed by atoms with Crippen LogP contribution < -0.4 is 10.6 Å². The first kappa shape index (κ1) is 20.7. The molecule has 0 saturated carbocycles. The van der Waals surface area contributed by atoms with Crippen molar-refractivity contribution >= 4 is 56.4 Å². The Bertz CT molecular complexity index is 1050. The van der Waals surface area contributed by atoms with Gasteiger partial charge in [0.25, 0.3) is 0 Å². The maximum Gasteiger partial charge on any atom is 0.237 e. The first-order valence-electron chi connectivity index (χ1n) is 8.56. The topological polar surface area (TPSA) is 92.3 Å². The molecular weight excluding hydrogens is 420 g/mol. The van der Waals surface area contributed by atoms with Crippen molar-refractivity contribution < 1.29 is 18.0 Å². The van der Waals surface area contributed by atoms with Crippen molar-refractivity contribution in [3.8, 4) is 0 Å². The highest BCUT2D eigenvalue weighted by atomic mass is 35.5. The number of hydrogen-bond acceptors (Lipinski definition) is 5. The lowest BCUT2D eigenvalue weighted by atomic mass is 10.2. The van der Waals surface area contributed by atoms with Gasteiger partial charge in [0, 0.05) is 22.0 Å². The van der Waals surface area contributed by atoms with Crippen molar-refractivity contribution in [3.05, 3.63) is 47.0 Å². The molecule has 0 unspecified atom stereocenters. The minimum Gasteiger partial charge on any atom is -0.326 e. The number of carbonyl (C=O) groups is 2. The van der Waals surface area contributed by atoms with E-state index in [4.69, 9.17) is 11.6 Å². The number of nitrogens with one attached hydrogen (secondary N) is 2. The molecule has 0 radical (unpaired) electrons. The van der Waals surface area contributed by atoms with Crippen LogP contribution in [0, 0.1) is 6.92 Å². The van der Waals surface area contributed by atoms with E-state index in [1.54, 1.807) is 38.1 Å². The second-order valence-electron chi connectivity index (χ2n) is 6.44. The van der Waals surface area contributed by atoms with Crippen LogP contribution in [0.1, 0.15) is 18.9 Å². The fourth-order valence-electron chi connectivity index (χ4n) is 2.68. The smallest absolute Gasteiger partial charge is 0.237 e. The van der Waals surface area contributed by atoms with Gasteiger partial charge in [-0.3, -0.25) is 9.59 Å². The van der Waals surface area contributed by atoms with Crippen LogP contribution >= 0.6 is 23.4 Å². The Morgan fingerprint density at radius 2 is 2.04 bits per heavy atom. The van der Waals surface area contributed by atoms with E-state index in [9.17, 15) is 18.0 Å². The Labute approximate surface area is 173 Å². The minimum atomic E-state index is -3.68. The summed E-state index contributed by atoms with van der Waals surface area (Å²) in [7, 11) is -3.68. The minimum absolute atomic E-state index is 0.0773. The van der Waals surface area contributed by atoms with Gasteiger partial charge in [-0.15, -0.1) is 11.8 Å². The van der Waals surface area contributed by atoms with Crippen molar-refractivity contribution in [2.24, 2.45) is 0 Å². The number of carbonyl (C=O) groups excluding carboxylic acids is 2. The van der Waals surface area contributed by atoms with Crippen LogP contribution in [0.3, 0.4) is 0 Å². The molecule has 1 aliphatic rings. The van der Waals surface area contributed by atoms with E-state index < -0.39 is 15.7 Å². The predicted molar refractivity (Wildman–Crippen MR) is 112 cm³/mol. The summed E-state index contributed by atoms with van der Waals surface area (Å²) in [5, 5.41) is 5.70. The quantitative estimate of drug-likeness (QED) is 0.738. The lowest BCUT2D eigenvalue weighted by Crippen LogP contribution is -2.26. The van der Waals surface area contributed by atoms with Crippen LogP contribution in [-0.4, -0.2) is 31.2 Å². The summed E-state index contributed by atoms with van der Waals surface area (Å²) in [6, 6.07) is 9.76. The van der Waals surface area contributed by atoms with Crippen LogP contribution in [0.4, 0.5) is 11.4 Å². The molecule has 2 aromatic carbocycles. The molecular formula is C19H19ClN2O4S2. The van der Waals surface area contributed by atoms with Crippen LogP contribution in [0.15, 0.2) is 46.2 Å². The Balaban J connectivity index is 1.69. The molecule has 148 valence electrons. The second-order valence-corrected chi connectivity index (χ2v) is 10.3. The molecule has 0 spiro atoms. The van der Waals surface area contributed by atoms with Crippen molar-refractivity contribution in [3.63, 3.8) is 0 Å². The van der Waals surface area contributed by atoms with Crippen molar-refractivity contribution in [1.82, 2.24) is 0 Å². The van der Waals surface area contributed by atoms with Gasteiger partial charge in [-0.1, -0.05) is 17.7 Å². The van der Waals surface area contributed by atoms with Gasteiger partial charge in [0.1, 0.15) is 0 Å². The maximum absolute atomic E-state index is 12.6. The standard InChI is InChI=1S/C19H19ClN2O4S2/c1-11-14(20)4-3-5-15(11)21-18(23)8-9-28(25,26)13-6-7-17-16(10-13)22-19(24)12(2)27-17/h3-7,10,12H,8-9H2,1-2H3,(H,21,23)(H,22,24)/t12-/m1/s1. The number of sulfone groups is 1. The second kappa shape index (κ2) is 8.14. The Morgan fingerprint density at radius 3 is 2.79 bits per heavy atom. The number of hydrogen-bond donors (Lipinski definition) is 2. The van der Waals surface area contributed by atoms with Gasteiger partial charge >= 0.3 is 0 Å². The number of thioether (sulfide) groups is 1. The third-order valence-electron chi connectivity index (χ3n) is 4.38. The summed E-state index contributed by atoms with van der Waals surface area (Å²) in [5.74, 6) is -0.915. The molecule has 0 saturated heterocycles. The largest absolute Gasteiger partial charge is 0.326 e. The van der Waals surface area contributed by atoms with Crippen molar-refractivity contribution in [1.29, 1.82) is 0 Å². The molecule has 0 aromatic heterocycles. The number of anilines is 2. The first-order chi connectivity index (χ1) is 13.2. The Kier molecular flexibility index (Phi) is 6.02. The van der Waals surface area contributed by atoms with Gasteiger partial charge in [0.05, 0.1) is 21.6 Å². The molecule has 2 amide bonds. The number of benzene rings is 2. The normalized spacial score (nSPS) is 16.2. The van der Waals surface area contributed by atoms with Crippen LogP contribution in [0.5, 0.6) is 0 Å². The molecule has 0 aliphatic carbocycles. The van der Waals surface area contributed by atoms with E-state index in [0.717, 1.165) is 10.5 Å². The molecule has 9 heteroatoms. The van der Waals surface area contributed by atoms with Crippen molar-refractivity contribution in [2.45, 2.75) is 35.3 Å². The number of halogens is 1. The lowest BCUT2D eigenvalue weighted by molar-refractivity contribution is -0.116. The van der Waals surface area contributed by atoms with Gasteiger partial charge in [-0.2, -0.15) is 0 Å². The third kappa shape index (κ3) is 4.51. The van der Waals surface area contributed by atoms with E-state index in [-0.39, 0.29) is 28.2 Å². The summed E-state index contributed by atoms with van der Waals surface area (Å²) in [6.07, 6.45) is -0.191. The Morgan fingerprint density at radius 1 is 1.29 bits per heavy atom. The Hall–Kier alpha value is -2.03. The fraction of sp³-hybridized carbons (Fsp3) is 0.263. The van der Waals surface area contributed by atoms with E-state index >= 15 is 0 Å². The molecule has 0 bridgehead atoms. The summed E-state index contributed by atoms with van der Waals surface area (Å²) in [5.41, 5.74) is 1.75. The monoisotopic (exact) mass is 438 g/mol. The zero-order chi connectivity index (χ0) is 20.5. The highest BCUT2D eigenvalue weighted by Crippen LogP contribution is 2.37. The van der Waals surface area contributed by atoms with Crippen LogP contribution in [0.2, 0.25) is 5.02 Å². The molecule has 2 N–H and O–H groups in total. The van der Waals surface area contributed by atoms with Gasteiger partial charge < -0.3 is 10.6 Å². The highest BCUT2D eigenvalue weighted by Gasteiger charge is 2.25. The molecule has 6 nitrogen and oxygen atoms in total. The molecule has 3 rings (SSSR count). The van der Waals surface area contributed by atoms with Crippen molar-refractivity contribution in [2.75, 3.05) is 16.4 Å². The van der Waals surface area contributed by atoms with Gasteiger partial charge in [-0.25, -0.2) is 8.42 Å². The SMILES string of the molecule is Cc1c(Cl)cccc1NC(=O)CCS(=O)(=O)c1ccc2c(c1)NC(=O)[C@@H](C)S2. The lowest BCUT2D eigenvalue weighted by Gasteiger charge is -2.21. The fourth-order valence-corrected chi connectivity index (χ4v) is 5.05. The van der Waals surface area contributed by atoms with Gasteiger partial charge in [0.15, 0.2) is 9.84 Å². The molecule has 1 heterocycles. The summed E-state index contributed by atoms with van der Waals surface area (Å²) < 4.78 is 25.2. The average Bonchev–Trinajstić information content (AvgIpc) is 2.64. The van der Waals surface area contributed by atoms with E-state index in [0.29, 0.717) is 16.4 Å².